The van der Waals surface area contributed by atoms with E-state index in [0.717, 1.165) is 37.2 Å². The highest BCUT2D eigenvalue weighted by atomic mass is 16.2. The molecule has 2 amide bonds. The number of carbonyl (C=O) groups excluding carboxylic acids is 1. The molecule has 0 spiro atoms. The van der Waals surface area contributed by atoms with Crippen molar-refractivity contribution in [3.63, 3.8) is 0 Å². The van der Waals surface area contributed by atoms with Crippen LogP contribution in [0, 0.1) is 6.92 Å². The molecule has 0 atom stereocenters. The number of benzene rings is 1. The second-order valence-electron chi connectivity index (χ2n) is 4.23. The summed E-state index contributed by atoms with van der Waals surface area (Å²) < 4.78 is 0. The monoisotopic (exact) mass is 234 g/mol. The molecular formula is C14H22N2O. The maximum absolute atomic E-state index is 12.1. The van der Waals surface area contributed by atoms with Gasteiger partial charge in [-0.25, -0.2) is 4.79 Å². The van der Waals surface area contributed by atoms with Crippen LogP contribution in [0.2, 0.25) is 0 Å². The Labute approximate surface area is 104 Å². The molecule has 0 aliphatic heterocycles. The number of urea groups is 1. The lowest BCUT2D eigenvalue weighted by Gasteiger charge is -2.22. The van der Waals surface area contributed by atoms with Gasteiger partial charge in [0.15, 0.2) is 0 Å². The van der Waals surface area contributed by atoms with Gasteiger partial charge < -0.3 is 10.2 Å². The lowest BCUT2D eigenvalue weighted by Crippen LogP contribution is -2.36. The number of hydrogen-bond acceptors (Lipinski definition) is 1. The molecule has 94 valence electrons. The highest BCUT2D eigenvalue weighted by Gasteiger charge is 2.11. The van der Waals surface area contributed by atoms with Gasteiger partial charge in [-0.05, 0) is 31.4 Å². The highest BCUT2D eigenvalue weighted by Crippen LogP contribution is 2.14. The molecule has 1 aromatic rings. The van der Waals surface area contributed by atoms with Crippen LogP contribution in [0.5, 0.6) is 0 Å². The van der Waals surface area contributed by atoms with Crippen LogP contribution < -0.4 is 5.32 Å². The predicted molar refractivity (Wildman–Crippen MR) is 72.4 cm³/mol. The molecule has 3 nitrogen and oxygen atoms in total. The number of nitrogens with zero attached hydrogens (tertiary/aromatic N) is 1. The summed E-state index contributed by atoms with van der Waals surface area (Å²) in [4.78, 5) is 13.9. The van der Waals surface area contributed by atoms with Crippen molar-refractivity contribution in [3.05, 3.63) is 29.8 Å². The van der Waals surface area contributed by atoms with Crippen molar-refractivity contribution in [2.24, 2.45) is 0 Å². The molecule has 3 heteroatoms. The van der Waals surface area contributed by atoms with E-state index < -0.39 is 0 Å². The Morgan fingerprint density at radius 3 is 2.29 bits per heavy atom. The molecule has 1 aromatic carbocycles. The highest BCUT2D eigenvalue weighted by molar-refractivity contribution is 5.90. The zero-order valence-electron chi connectivity index (χ0n) is 11.0. The minimum absolute atomic E-state index is 0.00278. The number of carbonyl (C=O) groups is 1. The van der Waals surface area contributed by atoms with Crippen molar-refractivity contribution >= 4 is 11.7 Å². The van der Waals surface area contributed by atoms with Gasteiger partial charge in [-0.3, -0.25) is 0 Å². The Kier molecular flexibility index (Phi) is 5.53. The topological polar surface area (TPSA) is 32.3 Å². The third-order valence-electron chi connectivity index (χ3n) is 2.66. The summed E-state index contributed by atoms with van der Waals surface area (Å²) in [6.07, 6.45) is 1.97. The summed E-state index contributed by atoms with van der Waals surface area (Å²) in [7, 11) is 0. The second kappa shape index (κ2) is 6.94. The average Bonchev–Trinajstić information content (AvgIpc) is 2.32. The minimum atomic E-state index is 0.00278. The summed E-state index contributed by atoms with van der Waals surface area (Å²) in [6, 6.07) is 7.85. The van der Waals surface area contributed by atoms with Gasteiger partial charge in [0.25, 0.3) is 0 Å². The first kappa shape index (κ1) is 13.6. The molecule has 0 bridgehead atoms. The molecule has 0 fully saturated rings. The SMILES string of the molecule is CCCN(CCC)C(=O)Nc1ccccc1C. The van der Waals surface area contributed by atoms with Crippen molar-refractivity contribution in [1.82, 2.24) is 4.90 Å². The molecule has 0 heterocycles. The van der Waals surface area contributed by atoms with E-state index >= 15 is 0 Å². The van der Waals surface area contributed by atoms with Gasteiger partial charge >= 0.3 is 6.03 Å². The van der Waals surface area contributed by atoms with Crippen LogP contribution in [0.3, 0.4) is 0 Å². The van der Waals surface area contributed by atoms with E-state index in [9.17, 15) is 4.79 Å². The fraction of sp³-hybridized carbons (Fsp3) is 0.500. The number of nitrogens with one attached hydrogen (secondary N) is 1. The Bertz CT molecular complexity index is 357. The van der Waals surface area contributed by atoms with Crippen molar-refractivity contribution < 1.29 is 4.79 Å². The molecule has 0 radical (unpaired) electrons. The van der Waals surface area contributed by atoms with Gasteiger partial charge in [0.2, 0.25) is 0 Å². The standard InChI is InChI=1S/C14H22N2O/c1-4-10-16(11-5-2)14(17)15-13-9-7-6-8-12(13)3/h6-9H,4-5,10-11H2,1-3H3,(H,15,17). The van der Waals surface area contributed by atoms with Crippen LogP contribution >= 0.6 is 0 Å². The van der Waals surface area contributed by atoms with Crippen molar-refractivity contribution in [2.75, 3.05) is 18.4 Å². The number of aryl methyl sites for hydroxylation is 1. The first-order valence-electron chi connectivity index (χ1n) is 6.30. The minimum Gasteiger partial charge on any atom is -0.325 e. The number of amides is 2. The quantitative estimate of drug-likeness (QED) is 0.828. The third-order valence-corrected chi connectivity index (χ3v) is 2.66. The fourth-order valence-corrected chi connectivity index (χ4v) is 1.76. The van der Waals surface area contributed by atoms with Crippen LogP contribution in [0.1, 0.15) is 32.3 Å². The van der Waals surface area contributed by atoms with E-state index in [1.54, 1.807) is 0 Å². The molecule has 1 N–H and O–H groups in total. The predicted octanol–water partition coefficient (Wildman–Crippen LogP) is 3.65. The van der Waals surface area contributed by atoms with Gasteiger partial charge in [-0.2, -0.15) is 0 Å². The van der Waals surface area contributed by atoms with E-state index in [0.29, 0.717) is 0 Å². The van der Waals surface area contributed by atoms with Gasteiger partial charge in [0.05, 0.1) is 0 Å². The Morgan fingerprint density at radius 2 is 1.76 bits per heavy atom. The van der Waals surface area contributed by atoms with Crippen LogP contribution in [-0.2, 0) is 0 Å². The molecule has 0 saturated heterocycles. The van der Waals surface area contributed by atoms with Gasteiger partial charge in [0, 0.05) is 18.8 Å². The van der Waals surface area contributed by atoms with E-state index in [2.05, 4.69) is 19.2 Å². The maximum atomic E-state index is 12.1. The zero-order chi connectivity index (χ0) is 12.7. The Morgan fingerprint density at radius 1 is 1.18 bits per heavy atom. The largest absolute Gasteiger partial charge is 0.325 e. The molecule has 0 unspecified atom stereocenters. The maximum Gasteiger partial charge on any atom is 0.321 e. The van der Waals surface area contributed by atoms with Crippen LogP contribution in [0.25, 0.3) is 0 Å². The molecule has 0 aromatic heterocycles. The number of para-hydroxylation sites is 1. The average molecular weight is 234 g/mol. The lowest BCUT2D eigenvalue weighted by molar-refractivity contribution is 0.211. The van der Waals surface area contributed by atoms with Crippen LogP contribution in [0.15, 0.2) is 24.3 Å². The lowest BCUT2D eigenvalue weighted by atomic mass is 10.2. The summed E-state index contributed by atoms with van der Waals surface area (Å²) >= 11 is 0. The summed E-state index contributed by atoms with van der Waals surface area (Å²) in [5.41, 5.74) is 1.99. The first-order chi connectivity index (χ1) is 8.19. The van der Waals surface area contributed by atoms with E-state index in [4.69, 9.17) is 0 Å². The van der Waals surface area contributed by atoms with E-state index in [-0.39, 0.29) is 6.03 Å². The van der Waals surface area contributed by atoms with Crippen LogP contribution in [0.4, 0.5) is 10.5 Å². The van der Waals surface area contributed by atoms with E-state index in [1.807, 2.05) is 36.1 Å². The van der Waals surface area contributed by atoms with Gasteiger partial charge in [-0.1, -0.05) is 32.0 Å². The fourth-order valence-electron chi connectivity index (χ4n) is 1.76. The molecule has 17 heavy (non-hydrogen) atoms. The molecule has 0 saturated carbocycles. The molecule has 0 aliphatic rings. The van der Waals surface area contributed by atoms with Crippen molar-refractivity contribution in [1.29, 1.82) is 0 Å². The number of hydrogen-bond donors (Lipinski definition) is 1. The summed E-state index contributed by atoms with van der Waals surface area (Å²) in [5, 5.41) is 2.97. The number of anilines is 1. The molecule has 0 aliphatic carbocycles. The summed E-state index contributed by atoms with van der Waals surface area (Å²) in [5.74, 6) is 0. The smallest absolute Gasteiger partial charge is 0.321 e. The molecular weight excluding hydrogens is 212 g/mol. The van der Waals surface area contributed by atoms with Crippen LogP contribution in [-0.4, -0.2) is 24.0 Å². The Hall–Kier alpha value is -1.51. The summed E-state index contributed by atoms with van der Waals surface area (Å²) in [6.45, 7) is 7.80. The van der Waals surface area contributed by atoms with Gasteiger partial charge in [0.1, 0.15) is 0 Å². The second-order valence-corrected chi connectivity index (χ2v) is 4.23. The van der Waals surface area contributed by atoms with Gasteiger partial charge in [-0.15, -0.1) is 0 Å². The third kappa shape index (κ3) is 4.10. The molecule has 1 rings (SSSR count). The van der Waals surface area contributed by atoms with Crippen molar-refractivity contribution in [3.8, 4) is 0 Å². The van der Waals surface area contributed by atoms with E-state index in [1.165, 1.54) is 0 Å². The normalized spacial score (nSPS) is 10.1. The van der Waals surface area contributed by atoms with Crippen molar-refractivity contribution in [2.45, 2.75) is 33.6 Å². The number of rotatable bonds is 5. The first-order valence-corrected chi connectivity index (χ1v) is 6.30. The zero-order valence-corrected chi connectivity index (χ0v) is 11.0. The Balaban J connectivity index is 2.66.